The molecule has 0 atom stereocenters. The SMILES string of the molecule is CCn1nnc2cc(C(=O)OCC(=O)NCC34CC5CC(CC(C5)C3)C4)ccc21. The van der Waals surface area contributed by atoms with Gasteiger partial charge >= 0.3 is 5.97 Å². The molecular weight excluding hydrogens is 368 g/mol. The van der Waals surface area contributed by atoms with Gasteiger partial charge < -0.3 is 10.1 Å². The maximum Gasteiger partial charge on any atom is 0.338 e. The van der Waals surface area contributed by atoms with Crippen molar-refractivity contribution in [2.75, 3.05) is 13.2 Å². The average molecular weight is 396 g/mol. The van der Waals surface area contributed by atoms with E-state index >= 15 is 0 Å². The third kappa shape index (κ3) is 3.51. The van der Waals surface area contributed by atoms with Crippen molar-refractivity contribution >= 4 is 22.9 Å². The number of fused-ring (bicyclic) bond motifs is 1. The summed E-state index contributed by atoms with van der Waals surface area (Å²) in [4.78, 5) is 24.7. The molecule has 0 unspecified atom stereocenters. The molecule has 7 heteroatoms. The Morgan fingerprint density at radius 2 is 1.86 bits per heavy atom. The minimum Gasteiger partial charge on any atom is -0.452 e. The minimum absolute atomic E-state index is 0.216. The number of carbonyl (C=O) groups excluding carboxylic acids is 2. The van der Waals surface area contributed by atoms with E-state index < -0.39 is 5.97 Å². The number of aromatic nitrogens is 3. The first-order valence-corrected chi connectivity index (χ1v) is 10.8. The van der Waals surface area contributed by atoms with Gasteiger partial charge in [0, 0.05) is 13.1 Å². The van der Waals surface area contributed by atoms with Crippen molar-refractivity contribution in [1.82, 2.24) is 20.3 Å². The van der Waals surface area contributed by atoms with Crippen molar-refractivity contribution in [3.05, 3.63) is 23.8 Å². The largest absolute Gasteiger partial charge is 0.452 e. The van der Waals surface area contributed by atoms with Crippen LogP contribution < -0.4 is 5.32 Å². The molecule has 29 heavy (non-hydrogen) atoms. The van der Waals surface area contributed by atoms with E-state index in [1.54, 1.807) is 16.8 Å². The van der Waals surface area contributed by atoms with E-state index in [4.69, 9.17) is 4.74 Å². The summed E-state index contributed by atoms with van der Waals surface area (Å²) in [5.41, 5.74) is 2.18. The van der Waals surface area contributed by atoms with Gasteiger partial charge in [0.25, 0.3) is 5.91 Å². The molecular formula is C22H28N4O3. The quantitative estimate of drug-likeness (QED) is 0.759. The van der Waals surface area contributed by atoms with Crippen molar-refractivity contribution in [2.24, 2.45) is 23.2 Å². The molecule has 1 N–H and O–H groups in total. The molecule has 1 aromatic heterocycles. The zero-order valence-corrected chi connectivity index (χ0v) is 16.9. The van der Waals surface area contributed by atoms with Crippen LogP contribution in [0.2, 0.25) is 0 Å². The van der Waals surface area contributed by atoms with Crippen molar-refractivity contribution in [3.8, 4) is 0 Å². The summed E-state index contributed by atoms with van der Waals surface area (Å²) in [6.45, 7) is 3.17. The van der Waals surface area contributed by atoms with Crippen molar-refractivity contribution in [2.45, 2.75) is 52.0 Å². The molecule has 1 amide bonds. The Kier molecular flexibility index (Phi) is 4.56. The molecule has 4 fully saturated rings. The van der Waals surface area contributed by atoms with E-state index in [1.807, 2.05) is 13.0 Å². The van der Waals surface area contributed by atoms with Gasteiger partial charge in [0.15, 0.2) is 6.61 Å². The van der Waals surface area contributed by atoms with Crippen LogP contribution in [0.4, 0.5) is 0 Å². The average Bonchev–Trinajstić information content (AvgIpc) is 3.12. The number of benzene rings is 1. The smallest absolute Gasteiger partial charge is 0.338 e. The number of ether oxygens (including phenoxy) is 1. The maximum atomic E-state index is 12.3. The number of aryl methyl sites for hydroxylation is 1. The molecule has 0 spiro atoms. The van der Waals surface area contributed by atoms with Crippen LogP contribution in [0.3, 0.4) is 0 Å². The van der Waals surface area contributed by atoms with Gasteiger partial charge in [0.1, 0.15) is 5.52 Å². The lowest BCUT2D eigenvalue weighted by Gasteiger charge is -2.56. The second kappa shape index (κ2) is 7.11. The molecule has 0 aliphatic heterocycles. The van der Waals surface area contributed by atoms with Crippen molar-refractivity contribution in [3.63, 3.8) is 0 Å². The first kappa shape index (κ1) is 18.6. The normalized spacial score (nSPS) is 29.9. The number of nitrogens with zero attached hydrogens (tertiary/aromatic N) is 3. The number of amides is 1. The van der Waals surface area contributed by atoms with E-state index in [0.29, 0.717) is 17.6 Å². The zero-order valence-electron chi connectivity index (χ0n) is 16.9. The number of carbonyl (C=O) groups is 2. The third-order valence-electron chi connectivity index (χ3n) is 7.21. The molecule has 1 heterocycles. The van der Waals surface area contributed by atoms with Gasteiger partial charge in [-0.15, -0.1) is 5.10 Å². The van der Waals surface area contributed by atoms with Crippen LogP contribution in [0.1, 0.15) is 55.8 Å². The first-order valence-electron chi connectivity index (χ1n) is 10.8. The van der Waals surface area contributed by atoms with Gasteiger partial charge in [-0.25, -0.2) is 9.48 Å². The molecule has 2 aromatic rings. The van der Waals surface area contributed by atoms with Crippen molar-refractivity contribution < 1.29 is 14.3 Å². The van der Waals surface area contributed by atoms with E-state index in [9.17, 15) is 9.59 Å². The van der Waals surface area contributed by atoms with Crippen LogP contribution >= 0.6 is 0 Å². The second-order valence-corrected chi connectivity index (χ2v) is 9.38. The molecule has 6 rings (SSSR count). The number of nitrogens with one attached hydrogen (secondary N) is 1. The van der Waals surface area contributed by atoms with E-state index in [0.717, 1.165) is 29.8 Å². The second-order valence-electron chi connectivity index (χ2n) is 9.38. The fraction of sp³-hybridized carbons (Fsp3) is 0.636. The highest BCUT2D eigenvalue weighted by Crippen LogP contribution is 2.59. The Hall–Kier alpha value is -2.44. The summed E-state index contributed by atoms with van der Waals surface area (Å²) in [6.07, 6.45) is 7.91. The van der Waals surface area contributed by atoms with E-state index in [-0.39, 0.29) is 17.9 Å². The minimum atomic E-state index is -0.511. The molecule has 0 saturated heterocycles. The maximum absolute atomic E-state index is 12.3. The highest BCUT2D eigenvalue weighted by Gasteiger charge is 2.50. The van der Waals surface area contributed by atoms with Gasteiger partial charge in [-0.3, -0.25) is 4.79 Å². The zero-order chi connectivity index (χ0) is 20.0. The number of rotatable bonds is 6. The van der Waals surface area contributed by atoms with Gasteiger partial charge in [-0.1, -0.05) is 5.21 Å². The molecule has 4 saturated carbocycles. The van der Waals surface area contributed by atoms with Crippen LogP contribution in [-0.4, -0.2) is 40.0 Å². The number of hydrogen-bond acceptors (Lipinski definition) is 5. The highest BCUT2D eigenvalue weighted by atomic mass is 16.5. The van der Waals surface area contributed by atoms with Gasteiger partial charge in [0.2, 0.25) is 0 Å². The molecule has 4 bridgehead atoms. The number of hydrogen-bond donors (Lipinski definition) is 1. The van der Waals surface area contributed by atoms with Crippen LogP contribution in [-0.2, 0) is 16.1 Å². The Morgan fingerprint density at radius 1 is 1.17 bits per heavy atom. The van der Waals surface area contributed by atoms with Crippen LogP contribution in [0.25, 0.3) is 11.0 Å². The standard InChI is InChI=1S/C22H28N4O3/c1-2-26-19-4-3-17(8-18(19)24-25-26)21(28)29-12-20(27)23-13-22-9-14-5-15(10-22)7-16(6-14)11-22/h3-4,8,14-16H,2,5-7,9-13H2,1H3,(H,23,27). The predicted octanol–water partition coefficient (Wildman–Crippen LogP) is 2.94. The Bertz CT molecular complexity index is 915. The summed E-state index contributed by atoms with van der Waals surface area (Å²) in [5, 5.41) is 11.2. The Balaban J connectivity index is 1.14. The van der Waals surface area contributed by atoms with Crippen LogP contribution in [0.15, 0.2) is 18.2 Å². The predicted molar refractivity (Wildman–Crippen MR) is 107 cm³/mol. The molecule has 154 valence electrons. The summed E-state index contributed by atoms with van der Waals surface area (Å²) >= 11 is 0. The van der Waals surface area contributed by atoms with Crippen molar-refractivity contribution in [1.29, 1.82) is 0 Å². The van der Waals surface area contributed by atoms with E-state index in [1.165, 1.54) is 38.5 Å². The lowest BCUT2D eigenvalue weighted by molar-refractivity contribution is -0.126. The fourth-order valence-electron chi connectivity index (χ4n) is 6.39. The molecule has 1 aromatic carbocycles. The van der Waals surface area contributed by atoms with Gasteiger partial charge in [-0.05, 0) is 86.8 Å². The Labute approximate surface area is 170 Å². The van der Waals surface area contributed by atoms with Crippen LogP contribution in [0.5, 0.6) is 0 Å². The van der Waals surface area contributed by atoms with Gasteiger partial charge in [0.05, 0.1) is 11.1 Å². The summed E-state index contributed by atoms with van der Waals surface area (Å²) in [7, 11) is 0. The molecule has 0 radical (unpaired) electrons. The monoisotopic (exact) mass is 396 g/mol. The number of esters is 1. The summed E-state index contributed by atoms with van der Waals surface area (Å²) < 4.78 is 7.00. The highest BCUT2D eigenvalue weighted by molar-refractivity contribution is 5.94. The topological polar surface area (TPSA) is 86.1 Å². The van der Waals surface area contributed by atoms with Gasteiger partial charge in [-0.2, -0.15) is 0 Å². The summed E-state index contributed by atoms with van der Waals surface area (Å²) in [5.74, 6) is 1.85. The lowest BCUT2D eigenvalue weighted by atomic mass is 9.49. The first-order chi connectivity index (χ1) is 14.0. The molecule has 7 nitrogen and oxygen atoms in total. The lowest BCUT2D eigenvalue weighted by Crippen LogP contribution is -2.51. The fourth-order valence-corrected chi connectivity index (χ4v) is 6.39. The van der Waals surface area contributed by atoms with Crippen LogP contribution in [0, 0.1) is 23.2 Å². The molecule has 4 aliphatic carbocycles. The van der Waals surface area contributed by atoms with E-state index in [2.05, 4.69) is 15.6 Å². The third-order valence-corrected chi connectivity index (χ3v) is 7.21. The summed E-state index contributed by atoms with van der Waals surface area (Å²) in [6, 6.07) is 5.15. The molecule has 4 aliphatic rings. The Morgan fingerprint density at radius 3 is 2.52 bits per heavy atom.